The fourth-order valence-corrected chi connectivity index (χ4v) is 3.22. The van der Waals surface area contributed by atoms with E-state index in [1.807, 2.05) is 12.4 Å². The van der Waals surface area contributed by atoms with Crippen LogP contribution in [0.4, 0.5) is 5.13 Å². The molecule has 21 heavy (non-hydrogen) atoms. The summed E-state index contributed by atoms with van der Waals surface area (Å²) < 4.78 is 0. The van der Waals surface area contributed by atoms with E-state index in [2.05, 4.69) is 58.6 Å². The molecule has 0 fully saturated rings. The number of aromatic nitrogens is 3. The molecule has 0 amide bonds. The predicted octanol–water partition coefficient (Wildman–Crippen LogP) is 3.90. The standard InChI is InChI=1S/C16H18N4S/c1-11(2)8-15-19-20-16(21-15)18-10-13-5-3-4-12-9-17-7-6-14(12)13/h3-7,9,11H,8,10H2,1-2H3,(H,18,20). The molecular formula is C16H18N4S. The Morgan fingerprint density at radius 1 is 1.19 bits per heavy atom. The van der Waals surface area contributed by atoms with E-state index in [4.69, 9.17) is 0 Å². The number of anilines is 1. The third-order valence-corrected chi connectivity index (χ3v) is 4.15. The Balaban J connectivity index is 1.73. The van der Waals surface area contributed by atoms with Gasteiger partial charge in [0.15, 0.2) is 0 Å². The van der Waals surface area contributed by atoms with E-state index in [0.717, 1.165) is 28.5 Å². The second kappa shape index (κ2) is 6.18. The van der Waals surface area contributed by atoms with Crippen molar-refractivity contribution in [3.05, 3.63) is 47.2 Å². The lowest BCUT2D eigenvalue weighted by Crippen LogP contribution is -1.99. The van der Waals surface area contributed by atoms with Crippen molar-refractivity contribution in [2.45, 2.75) is 26.8 Å². The van der Waals surface area contributed by atoms with Crippen molar-refractivity contribution in [2.24, 2.45) is 5.92 Å². The molecule has 2 aromatic heterocycles. The highest BCUT2D eigenvalue weighted by atomic mass is 32.1. The molecule has 0 saturated heterocycles. The Morgan fingerprint density at radius 2 is 2.10 bits per heavy atom. The molecule has 0 aliphatic carbocycles. The smallest absolute Gasteiger partial charge is 0.205 e. The van der Waals surface area contributed by atoms with Gasteiger partial charge in [-0.1, -0.05) is 43.4 Å². The highest BCUT2D eigenvalue weighted by Gasteiger charge is 2.07. The number of fused-ring (bicyclic) bond motifs is 1. The normalized spacial score (nSPS) is 11.2. The number of hydrogen-bond donors (Lipinski definition) is 1. The molecule has 0 saturated carbocycles. The van der Waals surface area contributed by atoms with Crippen molar-refractivity contribution >= 4 is 27.2 Å². The second-order valence-electron chi connectivity index (χ2n) is 5.47. The summed E-state index contributed by atoms with van der Waals surface area (Å²) in [4.78, 5) is 4.16. The summed E-state index contributed by atoms with van der Waals surface area (Å²) in [5.74, 6) is 0.608. The van der Waals surface area contributed by atoms with Crippen molar-refractivity contribution in [1.29, 1.82) is 0 Å². The number of rotatable bonds is 5. The van der Waals surface area contributed by atoms with E-state index in [1.165, 1.54) is 10.9 Å². The summed E-state index contributed by atoms with van der Waals surface area (Å²) in [5.41, 5.74) is 1.25. The van der Waals surface area contributed by atoms with Crippen LogP contribution in [0, 0.1) is 5.92 Å². The largest absolute Gasteiger partial charge is 0.356 e. The fourth-order valence-electron chi connectivity index (χ4n) is 2.27. The molecule has 5 heteroatoms. The molecule has 0 unspecified atom stereocenters. The van der Waals surface area contributed by atoms with Gasteiger partial charge in [-0.3, -0.25) is 4.98 Å². The quantitative estimate of drug-likeness (QED) is 0.776. The summed E-state index contributed by atoms with van der Waals surface area (Å²) in [6.45, 7) is 5.13. The zero-order valence-corrected chi connectivity index (χ0v) is 13.0. The van der Waals surface area contributed by atoms with E-state index in [-0.39, 0.29) is 0 Å². The third-order valence-electron chi connectivity index (χ3n) is 3.25. The minimum absolute atomic E-state index is 0.608. The summed E-state index contributed by atoms with van der Waals surface area (Å²) in [6, 6.07) is 8.32. The average molecular weight is 298 g/mol. The Morgan fingerprint density at radius 3 is 2.95 bits per heavy atom. The molecule has 1 aromatic carbocycles. The number of nitrogens with zero attached hydrogens (tertiary/aromatic N) is 3. The lowest BCUT2D eigenvalue weighted by molar-refractivity contribution is 0.640. The molecule has 1 N–H and O–H groups in total. The van der Waals surface area contributed by atoms with Gasteiger partial charge >= 0.3 is 0 Å². The summed E-state index contributed by atoms with van der Waals surface area (Å²) in [6.07, 6.45) is 4.71. The minimum Gasteiger partial charge on any atom is -0.356 e. The highest BCUT2D eigenvalue weighted by molar-refractivity contribution is 7.15. The molecule has 0 atom stereocenters. The van der Waals surface area contributed by atoms with Gasteiger partial charge in [0.25, 0.3) is 0 Å². The van der Waals surface area contributed by atoms with Gasteiger partial charge in [0.2, 0.25) is 5.13 Å². The maximum Gasteiger partial charge on any atom is 0.205 e. The van der Waals surface area contributed by atoms with Gasteiger partial charge in [0.1, 0.15) is 5.01 Å². The molecule has 3 rings (SSSR count). The molecule has 2 heterocycles. The summed E-state index contributed by atoms with van der Waals surface area (Å²) >= 11 is 1.64. The molecule has 0 aliphatic rings. The fraction of sp³-hybridized carbons (Fsp3) is 0.312. The number of pyridine rings is 1. The molecule has 0 radical (unpaired) electrons. The number of hydrogen-bond acceptors (Lipinski definition) is 5. The van der Waals surface area contributed by atoms with Gasteiger partial charge in [-0.25, -0.2) is 0 Å². The highest BCUT2D eigenvalue weighted by Crippen LogP contribution is 2.21. The van der Waals surface area contributed by atoms with Gasteiger partial charge < -0.3 is 5.32 Å². The molecule has 0 aliphatic heterocycles. The van der Waals surface area contributed by atoms with Crippen molar-refractivity contribution in [1.82, 2.24) is 15.2 Å². The molecular weight excluding hydrogens is 280 g/mol. The van der Waals surface area contributed by atoms with Crippen LogP contribution in [0.2, 0.25) is 0 Å². The van der Waals surface area contributed by atoms with Gasteiger partial charge in [-0.2, -0.15) is 0 Å². The monoisotopic (exact) mass is 298 g/mol. The number of nitrogens with one attached hydrogen (secondary N) is 1. The van der Waals surface area contributed by atoms with Crippen molar-refractivity contribution in [2.75, 3.05) is 5.32 Å². The first kappa shape index (κ1) is 13.9. The summed E-state index contributed by atoms with van der Waals surface area (Å²) in [5, 5.41) is 16.2. The van der Waals surface area contributed by atoms with E-state index >= 15 is 0 Å². The zero-order valence-electron chi connectivity index (χ0n) is 12.2. The van der Waals surface area contributed by atoms with Crippen LogP contribution in [0.1, 0.15) is 24.4 Å². The van der Waals surface area contributed by atoms with Crippen LogP contribution < -0.4 is 5.32 Å². The van der Waals surface area contributed by atoms with E-state index in [1.54, 1.807) is 11.3 Å². The average Bonchev–Trinajstić information content (AvgIpc) is 2.92. The van der Waals surface area contributed by atoms with Gasteiger partial charge in [-0.15, -0.1) is 10.2 Å². The first-order valence-corrected chi connectivity index (χ1v) is 7.92. The molecule has 0 spiro atoms. The first-order chi connectivity index (χ1) is 10.2. The van der Waals surface area contributed by atoms with Crippen LogP contribution >= 0.6 is 11.3 Å². The number of benzene rings is 1. The van der Waals surface area contributed by atoms with Crippen molar-refractivity contribution in [3.8, 4) is 0 Å². The third kappa shape index (κ3) is 3.36. The van der Waals surface area contributed by atoms with E-state index < -0.39 is 0 Å². The predicted molar refractivity (Wildman–Crippen MR) is 87.5 cm³/mol. The molecule has 0 bridgehead atoms. The van der Waals surface area contributed by atoms with Crippen molar-refractivity contribution < 1.29 is 0 Å². The molecule has 108 valence electrons. The van der Waals surface area contributed by atoms with Gasteiger partial charge in [-0.05, 0) is 22.9 Å². The Hall–Kier alpha value is -2.01. The Labute approximate surface area is 128 Å². The van der Waals surface area contributed by atoms with Crippen LogP contribution in [0.5, 0.6) is 0 Å². The van der Waals surface area contributed by atoms with Crippen LogP contribution in [-0.4, -0.2) is 15.2 Å². The van der Waals surface area contributed by atoms with Gasteiger partial charge in [0.05, 0.1) is 0 Å². The van der Waals surface area contributed by atoms with Crippen LogP contribution in [0.25, 0.3) is 10.8 Å². The first-order valence-electron chi connectivity index (χ1n) is 7.10. The van der Waals surface area contributed by atoms with E-state index in [0.29, 0.717) is 5.92 Å². The molecule has 4 nitrogen and oxygen atoms in total. The maximum atomic E-state index is 4.23. The molecule has 3 aromatic rings. The SMILES string of the molecule is CC(C)Cc1nnc(NCc2cccc3cnccc23)s1. The van der Waals surface area contributed by atoms with Crippen LogP contribution in [0.3, 0.4) is 0 Å². The zero-order chi connectivity index (χ0) is 14.7. The summed E-state index contributed by atoms with van der Waals surface area (Å²) in [7, 11) is 0. The Kier molecular flexibility index (Phi) is 4.10. The van der Waals surface area contributed by atoms with Crippen LogP contribution in [-0.2, 0) is 13.0 Å². The van der Waals surface area contributed by atoms with E-state index in [9.17, 15) is 0 Å². The second-order valence-corrected chi connectivity index (χ2v) is 6.53. The lowest BCUT2D eigenvalue weighted by atomic mass is 10.1. The Bertz CT molecular complexity index is 730. The lowest BCUT2D eigenvalue weighted by Gasteiger charge is -2.06. The maximum absolute atomic E-state index is 4.23. The van der Waals surface area contributed by atoms with Gasteiger partial charge in [0, 0.05) is 30.7 Å². The van der Waals surface area contributed by atoms with Crippen LogP contribution in [0.15, 0.2) is 36.7 Å². The minimum atomic E-state index is 0.608. The van der Waals surface area contributed by atoms with Crippen molar-refractivity contribution in [3.63, 3.8) is 0 Å². The topological polar surface area (TPSA) is 50.7 Å².